The maximum atomic E-state index is 12.3. The number of hydrogen-bond donors (Lipinski definition) is 1. The van der Waals surface area contributed by atoms with Crippen LogP contribution >= 0.6 is 11.6 Å². The molecule has 2 aromatic carbocycles. The van der Waals surface area contributed by atoms with Crippen molar-refractivity contribution in [3.8, 4) is 17.2 Å². The summed E-state index contributed by atoms with van der Waals surface area (Å²) in [6.07, 6.45) is 0. The van der Waals surface area contributed by atoms with Crippen LogP contribution < -0.4 is 19.5 Å². The van der Waals surface area contributed by atoms with E-state index in [1.165, 1.54) is 14.2 Å². The van der Waals surface area contributed by atoms with Gasteiger partial charge in [-0.25, -0.2) is 0 Å². The molecular formula is C17H18ClNO4. The molecule has 0 bridgehead atoms. The number of carbonyl (C=O) groups excluding carboxylic acids is 1. The number of para-hydroxylation sites is 1. The van der Waals surface area contributed by atoms with Crippen molar-refractivity contribution in [2.45, 2.75) is 6.54 Å². The molecule has 1 amide bonds. The van der Waals surface area contributed by atoms with Gasteiger partial charge in [0, 0.05) is 17.6 Å². The molecular weight excluding hydrogens is 318 g/mol. The van der Waals surface area contributed by atoms with Crippen molar-refractivity contribution in [2.75, 3.05) is 21.3 Å². The molecule has 0 aromatic heterocycles. The lowest BCUT2D eigenvalue weighted by molar-refractivity contribution is 0.0948. The first-order valence-corrected chi connectivity index (χ1v) is 7.30. The van der Waals surface area contributed by atoms with Gasteiger partial charge in [0.15, 0.2) is 11.5 Å². The highest BCUT2D eigenvalue weighted by Gasteiger charge is 2.14. The minimum atomic E-state index is -0.242. The molecule has 0 aliphatic rings. The van der Waals surface area contributed by atoms with Crippen molar-refractivity contribution < 1.29 is 19.0 Å². The average Bonchev–Trinajstić information content (AvgIpc) is 2.59. The smallest absolute Gasteiger partial charge is 0.255 e. The van der Waals surface area contributed by atoms with Crippen molar-refractivity contribution in [3.05, 3.63) is 52.5 Å². The fraction of sp³-hybridized carbons (Fsp3) is 0.235. The van der Waals surface area contributed by atoms with Gasteiger partial charge in [-0.3, -0.25) is 4.79 Å². The Labute approximate surface area is 140 Å². The van der Waals surface area contributed by atoms with E-state index in [0.29, 0.717) is 27.8 Å². The van der Waals surface area contributed by atoms with E-state index in [4.69, 9.17) is 25.8 Å². The second-order valence-electron chi connectivity index (χ2n) is 4.68. The molecule has 0 unspecified atom stereocenters. The zero-order chi connectivity index (χ0) is 16.8. The topological polar surface area (TPSA) is 56.8 Å². The number of benzene rings is 2. The van der Waals surface area contributed by atoms with Gasteiger partial charge in [0.05, 0.1) is 26.9 Å². The van der Waals surface area contributed by atoms with Gasteiger partial charge < -0.3 is 19.5 Å². The molecule has 2 rings (SSSR count). The molecule has 0 saturated carbocycles. The largest absolute Gasteiger partial charge is 0.496 e. The maximum Gasteiger partial charge on any atom is 0.255 e. The molecule has 0 heterocycles. The lowest BCUT2D eigenvalue weighted by Gasteiger charge is -2.13. The molecule has 0 fully saturated rings. The molecule has 0 radical (unpaired) electrons. The van der Waals surface area contributed by atoms with E-state index in [0.717, 1.165) is 5.56 Å². The van der Waals surface area contributed by atoms with Gasteiger partial charge in [-0.05, 0) is 23.8 Å². The summed E-state index contributed by atoms with van der Waals surface area (Å²) in [5.41, 5.74) is 1.19. The Bertz CT molecular complexity index is 703. The summed E-state index contributed by atoms with van der Waals surface area (Å²) in [7, 11) is 4.61. The number of nitrogens with one attached hydrogen (secondary N) is 1. The fourth-order valence-electron chi connectivity index (χ4n) is 2.13. The predicted molar refractivity (Wildman–Crippen MR) is 88.7 cm³/mol. The number of rotatable bonds is 6. The summed E-state index contributed by atoms with van der Waals surface area (Å²) in [5, 5.41) is 3.31. The standard InChI is InChI=1S/C17H18ClNO4/c1-21-14-7-5-4-6-12(14)17(20)19-10-11-8-15(22-2)16(23-3)9-13(11)18/h4-9H,10H2,1-3H3,(H,19,20). The Hall–Kier alpha value is -2.40. The lowest BCUT2D eigenvalue weighted by Crippen LogP contribution is -2.23. The highest BCUT2D eigenvalue weighted by atomic mass is 35.5. The van der Waals surface area contributed by atoms with Gasteiger partial charge in [-0.15, -0.1) is 0 Å². The maximum absolute atomic E-state index is 12.3. The van der Waals surface area contributed by atoms with Gasteiger partial charge in [-0.2, -0.15) is 0 Å². The number of amides is 1. The average molecular weight is 336 g/mol. The molecule has 23 heavy (non-hydrogen) atoms. The van der Waals surface area contributed by atoms with E-state index in [1.807, 2.05) is 0 Å². The monoisotopic (exact) mass is 335 g/mol. The Morgan fingerprint density at radius 3 is 2.26 bits per heavy atom. The molecule has 0 aliphatic carbocycles. The third-order valence-corrected chi connectivity index (χ3v) is 3.70. The zero-order valence-corrected chi connectivity index (χ0v) is 13.9. The summed E-state index contributed by atoms with van der Waals surface area (Å²) < 4.78 is 15.6. The third kappa shape index (κ3) is 3.87. The van der Waals surface area contributed by atoms with Gasteiger partial charge in [-0.1, -0.05) is 23.7 Å². The van der Waals surface area contributed by atoms with Crippen LogP contribution in [0.1, 0.15) is 15.9 Å². The van der Waals surface area contributed by atoms with Gasteiger partial charge in [0.25, 0.3) is 5.91 Å². The van der Waals surface area contributed by atoms with Crippen molar-refractivity contribution >= 4 is 17.5 Å². The van der Waals surface area contributed by atoms with E-state index in [-0.39, 0.29) is 12.5 Å². The first kappa shape index (κ1) is 17.0. The molecule has 0 atom stereocenters. The summed E-state index contributed by atoms with van der Waals surface area (Å²) in [6.45, 7) is 0.260. The van der Waals surface area contributed by atoms with Gasteiger partial charge >= 0.3 is 0 Å². The van der Waals surface area contributed by atoms with Crippen LogP contribution in [-0.4, -0.2) is 27.2 Å². The number of halogens is 1. The van der Waals surface area contributed by atoms with Crippen LogP contribution in [0.2, 0.25) is 5.02 Å². The Morgan fingerprint density at radius 2 is 1.61 bits per heavy atom. The molecule has 0 aliphatic heterocycles. The SMILES string of the molecule is COc1cc(Cl)c(CNC(=O)c2ccccc2OC)cc1OC. The second kappa shape index (κ2) is 7.74. The Kier molecular flexibility index (Phi) is 5.71. The summed E-state index contributed by atoms with van der Waals surface area (Å²) in [6, 6.07) is 10.4. The van der Waals surface area contributed by atoms with Crippen LogP contribution in [0.25, 0.3) is 0 Å². The molecule has 5 nitrogen and oxygen atoms in total. The predicted octanol–water partition coefficient (Wildman–Crippen LogP) is 3.30. The van der Waals surface area contributed by atoms with Crippen molar-refractivity contribution in [1.82, 2.24) is 5.32 Å². The minimum absolute atomic E-state index is 0.242. The van der Waals surface area contributed by atoms with Gasteiger partial charge in [0.2, 0.25) is 0 Å². The second-order valence-corrected chi connectivity index (χ2v) is 5.09. The van der Waals surface area contributed by atoms with E-state index >= 15 is 0 Å². The molecule has 0 saturated heterocycles. The van der Waals surface area contributed by atoms with Crippen LogP contribution in [-0.2, 0) is 6.54 Å². The summed E-state index contributed by atoms with van der Waals surface area (Å²) in [5.74, 6) is 1.37. The molecule has 2 aromatic rings. The first-order chi connectivity index (χ1) is 11.1. The van der Waals surface area contributed by atoms with Crippen LogP contribution in [0.4, 0.5) is 0 Å². The Morgan fingerprint density at radius 1 is 1.00 bits per heavy atom. The molecule has 1 N–H and O–H groups in total. The number of ether oxygens (including phenoxy) is 3. The van der Waals surface area contributed by atoms with E-state index in [2.05, 4.69) is 5.32 Å². The Balaban J connectivity index is 2.16. The minimum Gasteiger partial charge on any atom is -0.496 e. The van der Waals surface area contributed by atoms with E-state index < -0.39 is 0 Å². The zero-order valence-electron chi connectivity index (χ0n) is 13.2. The highest BCUT2D eigenvalue weighted by molar-refractivity contribution is 6.31. The van der Waals surface area contributed by atoms with Crippen LogP contribution in [0.15, 0.2) is 36.4 Å². The van der Waals surface area contributed by atoms with Crippen molar-refractivity contribution in [3.63, 3.8) is 0 Å². The van der Waals surface area contributed by atoms with Crippen molar-refractivity contribution in [1.29, 1.82) is 0 Å². The van der Waals surface area contributed by atoms with Crippen molar-refractivity contribution in [2.24, 2.45) is 0 Å². The quantitative estimate of drug-likeness (QED) is 0.880. The number of methoxy groups -OCH3 is 3. The lowest BCUT2D eigenvalue weighted by atomic mass is 10.1. The molecule has 6 heteroatoms. The number of hydrogen-bond acceptors (Lipinski definition) is 4. The van der Waals surface area contributed by atoms with Crippen LogP contribution in [0.5, 0.6) is 17.2 Å². The van der Waals surface area contributed by atoms with Gasteiger partial charge in [0.1, 0.15) is 5.75 Å². The normalized spacial score (nSPS) is 10.1. The van der Waals surface area contributed by atoms with E-state index in [1.54, 1.807) is 43.5 Å². The number of carbonyl (C=O) groups is 1. The summed E-state index contributed by atoms with van der Waals surface area (Å²) in [4.78, 5) is 12.3. The molecule has 122 valence electrons. The van der Waals surface area contributed by atoms with Crippen LogP contribution in [0.3, 0.4) is 0 Å². The first-order valence-electron chi connectivity index (χ1n) is 6.92. The van der Waals surface area contributed by atoms with E-state index in [9.17, 15) is 4.79 Å². The summed E-state index contributed by atoms with van der Waals surface area (Å²) >= 11 is 6.21. The fourth-order valence-corrected chi connectivity index (χ4v) is 2.36. The highest BCUT2D eigenvalue weighted by Crippen LogP contribution is 2.33. The van der Waals surface area contributed by atoms with Crippen LogP contribution in [0, 0.1) is 0 Å². The molecule has 0 spiro atoms. The third-order valence-electron chi connectivity index (χ3n) is 3.34.